The molecule has 0 N–H and O–H groups in total. The zero-order valence-corrected chi connectivity index (χ0v) is 35.6. The van der Waals surface area contributed by atoms with Crippen LogP contribution in [0.5, 0.6) is 0 Å². The van der Waals surface area contributed by atoms with Gasteiger partial charge < -0.3 is 19.1 Å². The number of unbranched alkanes of at least 4 members (excludes halogenated alkanes) is 10. The van der Waals surface area contributed by atoms with Gasteiger partial charge in [-0.25, -0.2) is 0 Å². The maximum atomic E-state index is 13.2. The molecule has 55 heavy (non-hydrogen) atoms. The molecule has 316 valence electrons. The Labute approximate surface area is 337 Å². The maximum absolute atomic E-state index is 13.2. The zero-order chi connectivity index (χ0) is 39.2. The maximum Gasteiger partial charge on any atom is 0.308 e. The van der Waals surface area contributed by atoms with Crippen LogP contribution >= 0.6 is 0 Å². The van der Waals surface area contributed by atoms with Crippen molar-refractivity contribution in [1.29, 1.82) is 0 Å². The standard InChI is InChI=1S/C48H83NO6/c1-3-5-7-8-9-10-11-12-13-14-15-16-17-18-20-25-46(50)53-38-42(39-54-47(51)26-23-37-49-35-21-22-36-49)40-55-48(52)45-33-31-44(32-34-45)43-29-27-41(28-30-43)24-19-6-4-2/h9-10,12-13,41-45H,3-8,11,14-40H2,1-2H3/b10-9-,13-12-. The first-order chi connectivity index (χ1) is 27.0. The van der Waals surface area contributed by atoms with Crippen molar-refractivity contribution in [2.45, 2.75) is 194 Å². The van der Waals surface area contributed by atoms with Crippen LogP contribution in [0.4, 0.5) is 0 Å². The number of hydrogen-bond acceptors (Lipinski definition) is 7. The van der Waals surface area contributed by atoms with Crippen molar-refractivity contribution in [3.63, 3.8) is 0 Å². The Morgan fingerprint density at radius 1 is 0.582 bits per heavy atom. The number of likely N-dealkylation sites (tertiary alicyclic amines) is 1. The molecule has 3 aliphatic rings. The van der Waals surface area contributed by atoms with Gasteiger partial charge in [0.15, 0.2) is 0 Å². The number of nitrogens with zero attached hydrogens (tertiary/aromatic N) is 1. The molecule has 7 nitrogen and oxygen atoms in total. The molecule has 2 aliphatic carbocycles. The van der Waals surface area contributed by atoms with Crippen LogP contribution in [0.1, 0.15) is 194 Å². The van der Waals surface area contributed by atoms with Crippen LogP contribution in [0.15, 0.2) is 24.3 Å². The summed E-state index contributed by atoms with van der Waals surface area (Å²) < 4.78 is 17.1. The second-order valence-electron chi connectivity index (χ2n) is 17.4. The average Bonchev–Trinajstić information content (AvgIpc) is 3.73. The Bertz CT molecular complexity index is 1050. The third-order valence-corrected chi connectivity index (χ3v) is 12.7. The molecule has 0 aromatic rings. The number of ether oxygens (including phenoxy) is 3. The minimum atomic E-state index is -0.358. The van der Waals surface area contributed by atoms with Gasteiger partial charge in [0, 0.05) is 12.8 Å². The van der Waals surface area contributed by atoms with E-state index in [1.807, 2.05) is 0 Å². The van der Waals surface area contributed by atoms with Crippen molar-refractivity contribution >= 4 is 17.9 Å². The number of rotatable bonds is 30. The van der Waals surface area contributed by atoms with E-state index < -0.39 is 0 Å². The van der Waals surface area contributed by atoms with Gasteiger partial charge in [0.2, 0.25) is 0 Å². The van der Waals surface area contributed by atoms with Crippen LogP contribution in [-0.2, 0) is 28.6 Å². The summed E-state index contributed by atoms with van der Waals surface area (Å²) in [6.07, 6.45) is 40.7. The molecule has 0 spiro atoms. The van der Waals surface area contributed by atoms with Crippen molar-refractivity contribution in [2.75, 3.05) is 39.5 Å². The van der Waals surface area contributed by atoms with E-state index in [1.54, 1.807) is 0 Å². The molecule has 1 aliphatic heterocycles. The second-order valence-corrected chi connectivity index (χ2v) is 17.4. The molecular formula is C48H83NO6. The molecule has 1 atom stereocenters. The van der Waals surface area contributed by atoms with Crippen LogP contribution in [0, 0.1) is 29.6 Å². The Hall–Kier alpha value is -2.15. The highest BCUT2D eigenvalue weighted by Gasteiger charge is 2.34. The summed E-state index contributed by atoms with van der Waals surface area (Å²) in [5.74, 6) is 1.48. The minimum absolute atomic E-state index is 0.0590. The Kier molecular flexibility index (Phi) is 26.5. The normalized spacial score (nSPS) is 22.7. The molecule has 1 heterocycles. The number of esters is 3. The summed E-state index contributed by atoms with van der Waals surface area (Å²) in [6, 6.07) is 0. The third-order valence-electron chi connectivity index (χ3n) is 12.7. The predicted molar refractivity (Wildman–Crippen MR) is 226 cm³/mol. The summed E-state index contributed by atoms with van der Waals surface area (Å²) in [6.45, 7) is 7.99. The van der Waals surface area contributed by atoms with Crippen molar-refractivity contribution < 1.29 is 28.6 Å². The van der Waals surface area contributed by atoms with Crippen LogP contribution in [0.2, 0.25) is 0 Å². The second kappa shape index (κ2) is 30.9. The number of hydrogen-bond donors (Lipinski definition) is 0. The van der Waals surface area contributed by atoms with Gasteiger partial charge in [-0.3, -0.25) is 14.4 Å². The molecule has 7 heteroatoms. The van der Waals surface area contributed by atoms with E-state index in [-0.39, 0.29) is 49.6 Å². The lowest BCUT2D eigenvalue weighted by molar-refractivity contribution is -0.156. The smallest absolute Gasteiger partial charge is 0.308 e. The van der Waals surface area contributed by atoms with E-state index in [4.69, 9.17) is 14.2 Å². The Balaban J connectivity index is 1.31. The lowest BCUT2D eigenvalue weighted by Crippen LogP contribution is -2.31. The molecule has 3 rings (SSSR count). The topological polar surface area (TPSA) is 82.1 Å². The number of carbonyl (C=O) groups is 3. The molecular weight excluding hydrogens is 687 g/mol. The van der Waals surface area contributed by atoms with Gasteiger partial charge in [0.1, 0.15) is 19.8 Å². The zero-order valence-electron chi connectivity index (χ0n) is 35.6. The van der Waals surface area contributed by atoms with E-state index in [1.165, 1.54) is 103 Å². The average molecular weight is 770 g/mol. The summed E-state index contributed by atoms with van der Waals surface area (Å²) >= 11 is 0. The molecule has 0 amide bonds. The highest BCUT2D eigenvalue weighted by atomic mass is 16.6. The molecule has 1 saturated heterocycles. The lowest BCUT2D eigenvalue weighted by Gasteiger charge is -2.37. The highest BCUT2D eigenvalue weighted by Crippen LogP contribution is 2.42. The van der Waals surface area contributed by atoms with E-state index in [0.29, 0.717) is 12.8 Å². The van der Waals surface area contributed by atoms with Crippen molar-refractivity contribution in [3.05, 3.63) is 24.3 Å². The predicted octanol–water partition coefficient (Wildman–Crippen LogP) is 12.1. The van der Waals surface area contributed by atoms with Gasteiger partial charge in [0.25, 0.3) is 0 Å². The van der Waals surface area contributed by atoms with Crippen molar-refractivity contribution in [3.8, 4) is 0 Å². The third kappa shape index (κ3) is 22.4. The fraction of sp³-hybridized carbons (Fsp3) is 0.854. The van der Waals surface area contributed by atoms with E-state index in [9.17, 15) is 14.4 Å². The van der Waals surface area contributed by atoms with Gasteiger partial charge in [-0.2, -0.15) is 0 Å². The van der Waals surface area contributed by atoms with E-state index in [2.05, 4.69) is 43.1 Å². The number of allylic oxidation sites excluding steroid dienone is 4. The van der Waals surface area contributed by atoms with E-state index in [0.717, 1.165) is 102 Å². The first-order valence-corrected chi connectivity index (χ1v) is 23.5. The summed E-state index contributed by atoms with van der Waals surface area (Å²) in [5.41, 5.74) is 0. The molecule has 2 saturated carbocycles. The van der Waals surface area contributed by atoms with Gasteiger partial charge in [-0.1, -0.05) is 109 Å². The van der Waals surface area contributed by atoms with Gasteiger partial charge in [0.05, 0.1) is 11.8 Å². The monoisotopic (exact) mass is 770 g/mol. The highest BCUT2D eigenvalue weighted by molar-refractivity contribution is 5.72. The largest absolute Gasteiger partial charge is 0.465 e. The first kappa shape index (κ1) is 47.2. The SMILES string of the molecule is CCCCC/C=C\C/C=C\CCCCCCCC(=O)OCC(COC(=O)CCCN1CCCC1)COC(=O)C1CCC(C2CCC(CCCCC)CC2)CC1. The lowest BCUT2D eigenvalue weighted by atomic mass is 9.68. The summed E-state index contributed by atoms with van der Waals surface area (Å²) in [7, 11) is 0. The molecule has 0 radical (unpaired) electrons. The van der Waals surface area contributed by atoms with Crippen molar-refractivity contribution in [1.82, 2.24) is 4.90 Å². The fourth-order valence-electron chi connectivity index (χ4n) is 9.02. The van der Waals surface area contributed by atoms with Crippen molar-refractivity contribution in [2.24, 2.45) is 29.6 Å². The fourth-order valence-corrected chi connectivity index (χ4v) is 9.02. The number of carbonyl (C=O) groups excluding carboxylic acids is 3. The quantitative estimate of drug-likeness (QED) is 0.0311. The van der Waals surface area contributed by atoms with E-state index >= 15 is 0 Å². The molecule has 3 fully saturated rings. The molecule has 0 aromatic heterocycles. The van der Waals surface area contributed by atoms with Crippen LogP contribution in [-0.4, -0.2) is 62.3 Å². The summed E-state index contributed by atoms with van der Waals surface area (Å²) in [5, 5.41) is 0. The van der Waals surface area contributed by atoms with Crippen LogP contribution in [0.25, 0.3) is 0 Å². The molecule has 0 bridgehead atoms. The van der Waals surface area contributed by atoms with Gasteiger partial charge in [-0.05, 0) is 134 Å². The van der Waals surface area contributed by atoms with Gasteiger partial charge in [-0.15, -0.1) is 0 Å². The summed E-state index contributed by atoms with van der Waals surface area (Å²) in [4.78, 5) is 40.9. The first-order valence-electron chi connectivity index (χ1n) is 23.5. The van der Waals surface area contributed by atoms with Gasteiger partial charge >= 0.3 is 17.9 Å². The Morgan fingerprint density at radius 2 is 1.11 bits per heavy atom. The Morgan fingerprint density at radius 3 is 1.75 bits per heavy atom. The van der Waals surface area contributed by atoms with Crippen LogP contribution < -0.4 is 0 Å². The minimum Gasteiger partial charge on any atom is -0.465 e. The van der Waals surface area contributed by atoms with Crippen LogP contribution in [0.3, 0.4) is 0 Å². The molecule has 1 unspecified atom stereocenters. The molecule has 0 aromatic carbocycles.